The molecule has 1 aromatic carbocycles. The van der Waals surface area contributed by atoms with E-state index in [1.54, 1.807) is 19.1 Å². The molecule has 1 saturated heterocycles. The van der Waals surface area contributed by atoms with Crippen molar-refractivity contribution in [3.05, 3.63) is 35.4 Å². The minimum atomic E-state index is -0.555. The van der Waals surface area contributed by atoms with Crippen LogP contribution in [-0.4, -0.2) is 119 Å². The first-order valence-corrected chi connectivity index (χ1v) is 16.4. The SMILES string of the molecule is COCCOc1nc(N)c2nc(OC)n(Cc3ccc(CN(CCCOCC(=O)OC(C)(C)C)C4CN(C(=O)OC(C)(C)C)C4)cc3)c2n1. The van der Waals surface area contributed by atoms with Gasteiger partial charge in [0.05, 0.1) is 20.3 Å². The number of fused-ring (bicyclic) bond motifs is 1. The van der Waals surface area contributed by atoms with Crippen LogP contribution in [0.3, 0.4) is 0 Å². The highest BCUT2D eigenvalue weighted by Crippen LogP contribution is 2.27. The highest BCUT2D eigenvalue weighted by Gasteiger charge is 2.37. The third-order valence-electron chi connectivity index (χ3n) is 7.42. The van der Waals surface area contributed by atoms with Gasteiger partial charge in [-0.2, -0.15) is 15.0 Å². The molecule has 3 aromatic rings. The first-order valence-electron chi connectivity index (χ1n) is 16.4. The lowest BCUT2D eigenvalue weighted by molar-refractivity contribution is -0.160. The summed E-state index contributed by atoms with van der Waals surface area (Å²) < 4.78 is 34.5. The molecule has 15 heteroatoms. The Morgan fingerprint density at radius 1 is 0.918 bits per heavy atom. The van der Waals surface area contributed by atoms with Crippen molar-refractivity contribution in [1.29, 1.82) is 0 Å². The Morgan fingerprint density at radius 2 is 1.59 bits per heavy atom. The minimum absolute atomic E-state index is 0.0909. The molecular formula is C34H51N7O8. The predicted molar refractivity (Wildman–Crippen MR) is 182 cm³/mol. The van der Waals surface area contributed by atoms with Gasteiger partial charge in [-0.15, -0.1) is 0 Å². The number of carbonyl (C=O) groups excluding carboxylic acids is 2. The van der Waals surface area contributed by atoms with Crippen LogP contribution in [0.5, 0.6) is 12.0 Å². The molecule has 0 radical (unpaired) electrons. The maximum Gasteiger partial charge on any atom is 0.410 e. The number of ether oxygens (including phenoxy) is 6. The molecule has 0 spiro atoms. The number of esters is 1. The summed E-state index contributed by atoms with van der Waals surface area (Å²) in [4.78, 5) is 41.9. The monoisotopic (exact) mass is 685 g/mol. The third-order valence-corrected chi connectivity index (χ3v) is 7.42. The number of hydrogen-bond donors (Lipinski definition) is 1. The van der Waals surface area contributed by atoms with E-state index in [0.29, 0.717) is 63.0 Å². The summed E-state index contributed by atoms with van der Waals surface area (Å²) in [6.45, 7) is 15.0. The summed E-state index contributed by atoms with van der Waals surface area (Å²) in [6.07, 6.45) is 0.399. The summed E-state index contributed by atoms with van der Waals surface area (Å²) >= 11 is 0. The van der Waals surface area contributed by atoms with E-state index in [1.165, 1.54) is 0 Å². The number of carbonyl (C=O) groups is 2. The molecule has 0 bridgehead atoms. The zero-order chi connectivity index (χ0) is 35.8. The molecule has 1 aliphatic heterocycles. The van der Waals surface area contributed by atoms with E-state index in [9.17, 15) is 9.59 Å². The number of hydrogen-bond acceptors (Lipinski definition) is 13. The summed E-state index contributed by atoms with van der Waals surface area (Å²) in [6, 6.07) is 8.92. The van der Waals surface area contributed by atoms with E-state index < -0.39 is 11.2 Å². The number of aromatic nitrogens is 4. The predicted octanol–water partition coefficient (Wildman–Crippen LogP) is 3.66. The van der Waals surface area contributed by atoms with E-state index in [1.807, 2.05) is 46.1 Å². The van der Waals surface area contributed by atoms with Crippen molar-refractivity contribution >= 4 is 29.0 Å². The van der Waals surface area contributed by atoms with Gasteiger partial charge in [0.25, 0.3) is 6.01 Å². The van der Waals surface area contributed by atoms with E-state index in [4.69, 9.17) is 34.2 Å². The largest absolute Gasteiger partial charge is 0.468 e. The molecule has 49 heavy (non-hydrogen) atoms. The zero-order valence-corrected chi connectivity index (χ0v) is 30.0. The second-order valence-electron chi connectivity index (χ2n) is 13.9. The average Bonchev–Trinajstić information content (AvgIpc) is 3.33. The fraction of sp³-hybridized carbons (Fsp3) is 0.618. The average molecular weight is 686 g/mol. The van der Waals surface area contributed by atoms with Crippen LogP contribution in [0.4, 0.5) is 10.6 Å². The Kier molecular flexibility index (Phi) is 12.6. The van der Waals surface area contributed by atoms with Gasteiger partial charge in [-0.25, -0.2) is 9.59 Å². The second kappa shape index (κ2) is 16.5. The Balaban J connectivity index is 1.42. The van der Waals surface area contributed by atoms with Crippen molar-refractivity contribution in [1.82, 2.24) is 29.3 Å². The van der Waals surface area contributed by atoms with Crippen molar-refractivity contribution in [2.45, 2.75) is 78.3 Å². The molecule has 15 nitrogen and oxygen atoms in total. The maximum absolute atomic E-state index is 12.6. The van der Waals surface area contributed by atoms with Gasteiger partial charge in [0.2, 0.25) is 0 Å². The summed E-state index contributed by atoms with van der Waals surface area (Å²) in [5.74, 6) is -0.189. The van der Waals surface area contributed by atoms with Crippen molar-refractivity contribution in [3.63, 3.8) is 0 Å². The lowest BCUT2D eigenvalue weighted by Gasteiger charge is -2.45. The van der Waals surface area contributed by atoms with Gasteiger partial charge >= 0.3 is 18.1 Å². The first kappa shape index (κ1) is 37.6. The van der Waals surface area contributed by atoms with Crippen molar-refractivity contribution < 1.29 is 38.0 Å². The topological polar surface area (TPSA) is 166 Å². The number of nitrogen functional groups attached to an aromatic ring is 1. The van der Waals surface area contributed by atoms with Crippen LogP contribution in [0.25, 0.3) is 11.2 Å². The number of likely N-dealkylation sites (tertiary alicyclic amines) is 1. The lowest BCUT2D eigenvalue weighted by atomic mass is 10.0. The number of nitrogens with zero attached hydrogens (tertiary/aromatic N) is 6. The molecule has 0 saturated carbocycles. The fourth-order valence-electron chi connectivity index (χ4n) is 5.18. The van der Waals surface area contributed by atoms with Crippen LogP contribution in [0.15, 0.2) is 24.3 Å². The van der Waals surface area contributed by atoms with E-state index in [0.717, 1.165) is 17.7 Å². The van der Waals surface area contributed by atoms with Gasteiger partial charge < -0.3 is 39.1 Å². The molecule has 4 rings (SSSR count). The van der Waals surface area contributed by atoms with Crippen LogP contribution >= 0.6 is 0 Å². The fourth-order valence-corrected chi connectivity index (χ4v) is 5.18. The Morgan fingerprint density at radius 3 is 2.22 bits per heavy atom. The molecule has 1 aliphatic rings. The summed E-state index contributed by atoms with van der Waals surface area (Å²) in [5.41, 5.74) is 8.11. The summed E-state index contributed by atoms with van der Waals surface area (Å²) in [5, 5.41) is 0. The molecule has 1 fully saturated rings. The van der Waals surface area contributed by atoms with Gasteiger partial charge in [0.1, 0.15) is 24.4 Å². The van der Waals surface area contributed by atoms with Crippen LogP contribution in [0, 0.1) is 0 Å². The van der Waals surface area contributed by atoms with Gasteiger partial charge in [-0.05, 0) is 59.1 Å². The number of rotatable bonds is 16. The van der Waals surface area contributed by atoms with Crippen molar-refractivity contribution in [3.8, 4) is 12.0 Å². The second-order valence-corrected chi connectivity index (χ2v) is 13.9. The van der Waals surface area contributed by atoms with E-state index >= 15 is 0 Å². The highest BCUT2D eigenvalue weighted by molar-refractivity contribution is 5.83. The molecular weight excluding hydrogens is 634 g/mol. The quantitative estimate of drug-likeness (QED) is 0.172. The Bertz CT molecular complexity index is 1540. The molecule has 2 aromatic heterocycles. The van der Waals surface area contributed by atoms with Crippen LogP contribution in [0.1, 0.15) is 59.1 Å². The highest BCUT2D eigenvalue weighted by atomic mass is 16.6. The van der Waals surface area contributed by atoms with Gasteiger partial charge in [-0.3, -0.25) is 9.47 Å². The summed E-state index contributed by atoms with van der Waals surface area (Å²) in [7, 11) is 3.13. The lowest BCUT2D eigenvalue weighted by Crippen LogP contribution is -2.61. The molecule has 270 valence electrons. The van der Waals surface area contributed by atoms with Gasteiger partial charge in [-0.1, -0.05) is 24.3 Å². The van der Waals surface area contributed by atoms with Crippen LogP contribution in [-0.2, 0) is 36.8 Å². The van der Waals surface area contributed by atoms with Gasteiger partial charge in [0, 0.05) is 45.9 Å². The number of methoxy groups -OCH3 is 2. The molecule has 0 aliphatic carbocycles. The van der Waals surface area contributed by atoms with Crippen LogP contribution in [0.2, 0.25) is 0 Å². The molecule has 1 amide bonds. The van der Waals surface area contributed by atoms with Crippen molar-refractivity contribution in [2.24, 2.45) is 0 Å². The molecule has 0 atom stereocenters. The van der Waals surface area contributed by atoms with E-state index in [-0.39, 0.29) is 43.1 Å². The van der Waals surface area contributed by atoms with Crippen molar-refractivity contribution in [2.75, 3.05) is 66.0 Å². The number of nitrogens with two attached hydrogens (primary N) is 1. The third kappa shape index (κ3) is 11.2. The zero-order valence-electron chi connectivity index (χ0n) is 30.0. The number of benzene rings is 1. The Hall–Kier alpha value is -4.21. The van der Waals surface area contributed by atoms with Crippen LogP contribution < -0.4 is 15.2 Å². The smallest absolute Gasteiger partial charge is 0.410 e. The standard InChI is InChI=1S/C34H51N7O8/c1-33(2,3)48-26(42)22-46-15-9-14-39(25-20-40(21-25)32(43)49-34(4,5)6)18-23-10-12-24(13-11-23)19-41-29-27(36-31(41)45-8)28(35)37-30(38-29)47-17-16-44-7/h10-13,25H,9,14-22H2,1-8H3,(H2,35,37,38). The van der Waals surface area contributed by atoms with Gasteiger partial charge in [0.15, 0.2) is 17.0 Å². The Labute approximate surface area is 287 Å². The number of imidazole rings is 1. The molecule has 3 heterocycles. The first-order chi connectivity index (χ1) is 23.2. The normalized spacial score (nSPS) is 13.9. The minimum Gasteiger partial charge on any atom is -0.468 e. The van der Waals surface area contributed by atoms with E-state index in [2.05, 4.69) is 44.1 Å². The number of anilines is 1. The molecule has 0 unspecified atom stereocenters. The molecule has 2 N–H and O–H groups in total. The maximum atomic E-state index is 12.6. The number of amides is 1.